The fraction of sp³-hybridized carbons (Fsp3) is 0.462. The predicted octanol–water partition coefficient (Wildman–Crippen LogP) is 28.6. The number of nitrogens with zero attached hydrogens (tertiary/aromatic N) is 8. The molecule has 0 radical (unpaired) electrons. The molecule has 11 aromatic rings. The van der Waals surface area contributed by atoms with Crippen molar-refractivity contribution in [2.75, 3.05) is 52.9 Å². The molecular weight excluding hydrogens is 2080 g/mol. The number of hydrogen-bond acceptors (Lipinski definition) is 26. The minimum absolute atomic E-state index is 0. The fourth-order valence-electron chi connectivity index (χ4n) is 16.5. The molecule has 0 unspecified atom stereocenters. The van der Waals surface area contributed by atoms with Crippen LogP contribution in [0, 0.1) is 0 Å². The van der Waals surface area contributed by atoms with Crippen molar-refractivity contribution in [3.05, 3.63) is 117 Å². The largest absolute Gasteiger partial charge is 2.00 e. The summed E-state index contributed by atoms with van der Waals surface area (Å²) in [6.07, 6.45) is 22.6. The second-order valence-corrected chi connectivity index (χ2v) is 42.4. The monoisotopic (exact) mass is 2200 g/mol. The number of ether oxygens (including phenoxy) is 12. The van der Waals surface area contributed by atoms with Crippen molar-refractivity contribution in [2.24, 2.45) is 0 Å². The van der Waals surface area contributed by atoms with E-state index >= 15 is 0 Å². The summed E-state index contributed by atoms with van der Waals surface area (Å²) >= 11 is 32.4. The van der Waals surface area contributed by atoms with Gasteiger partial charge in [0.2, 0.25) is 0 Å². The Kier molecular flexibility index (Phi) is 42.3. The smallest absolute Gasteiger partial charge is 0.491 e. The summed E-state index contributed by atoms with van der Waals surface area (Å²) in [5.74, 6) is -2.32. The van der Waals surface area contributed by atoms with E-state index in [0.29, 0.717) is 103 Å². The van der Waals surface area contributed by atoms with Crippen LogP contribution in [0.4, 0.5) is 0 Å². The Labute approximate surface area is 880 Å². The molecule has 0 saturated carbocycles. The second kappa shape index (κ2) is 53.8. The molecule has 0 aliphatic carbocycles. The van der Waals surface area contributed by atoms with Gasteiger partial charge in [-0.15, -0.1) is 0 Å². The molecular formula is C104H124Cl4N8O24S4Zn. The Bertz CT molecular complexity index is 6570. The number of hydrogen-bond donors (Lipinski definition) is 4. The van der Waals surface area contributed by atoms with Crippen molar-refractivity contribution in [3.8, 4) is 138 Å². The van der Waals surface area contributed by atoms with Gasteiger partial charge in [0, 0.05) is 44.1 Å². The number of aromatic nitrogens is 8. The van der Waals surface area contributed by atoms with Gasteiger partial charge in [-0.25, -0.2) is 9.97 Å². The van der Waals surface area contributed by atoms with Gasteiger partial charge in [-0.05, 0) is 148 Å². The van der Waals surface area contributed by atoms with Crippen LogP contribution in [0.15, 0.2) is 117 Å². The van der Waals surface area contributed by atoms with Crippen molar-refractivity contribution in [1.29, 1.82) is 0 Å². The van der Waals surface area contributed by atoms with Gasteiger partial charge in [0.15, 0.2) is 69.0 Å². The maximum Gasteiger partial charge on any atom is 2.00 e. The summed E-state index contributed by atoms with van der Waals surface area (Å²) in [7, 11) is -19.0. The standard InChI is InChI=1S/C104H124Cl4N8O24S4.Zn/c1-9-17-25-33-57-129-85-73-77(89(133-61-37-29-21-13-5)93(81(85)105)137-65-41-49-69(50-42-65)141(117,118)119)101-109-97(73)113-102-78-74(86(130-58-34-26-18-10-2)82(106)94(90(78)134-62-38-30-22-14-6)138-66-43-51-70(52-44-66)142(120,121)122)99(110-102)115-104-80-76(88(132-60-36-28-20-12-4)84(108)96(92(80)136-64-40-32-24-16-8)140-68-47-55-72(56-48-68)144(126,127)128)100(112-104)116-103-79-75(98(111-103)114-101)87(131-59-35-27-19-11-3)83(107)95(91(79)135-63-39-31-23-15-7)139-67-45-53-71(54-46-67)143(123,124)125;/h41-56H,9-40,57-64H2,1-8H3,(H4-2,109,110,111,112,113,114,115,116,117,118,119,120,121,122,123,124,125,126,127,128);/q-2;+2. The van der Waals surface area contributed by atoms with Crippen LogP contribution in [-0.2, 0) is 60.0 Å². The van der Waals surface area contributed by atoms with E-state index in [9.17, 15) is 51.9 Å². The summed E-state index contributed by atoms with van der Waals surface area (Å²) < 4.78 is 229. The zero-order chi connectivity index (χ0) is 103. The second-order valence-electron chi connectivity index (χ2n) is 35.2. The van der Waals surface area contributed by atoms with Gasteiger partial charge < -0.3 is 86.7 Å². The van der Waals surface area contributed by atoms with Gasteiger partial charge in [0.05, 0.1) is 118 Å². The molecule has 0 fully saturated rings. The van der Waals surface area contributed by atoms with Crippen LogP contribution in [0.25, 0.3) is 89.7 Å². The predicted molar refractivity (Wildman–Crippen MR) is 556 cm³/mol. The molecule has 0 amide bonds. The Morgan fingerprint density at radius 1 is 0.228 bits per heavy atom. The van der Waals surface area contributed by atoms with E-state index < -0.39 is 60.1 Å². The summed E-state index contributed by atoms with van der Waals surface area (Å²) in [5, 5.41) is -0.669. The quantitative estimate of drug-likeness (QED) is 0.0156. The number of rotatable bonds is 60. The summed E-state index contributed by atoms with van der Waals surface area (Å²) in [5.41, 5.74) is -0.782. The zero-order valence-corrected chi connectivity index (χ0v) is 92.2. The van der Waals surface area contributed by atoms with Crippen molar-refractivity contribution >= 4 is 131 Å². The molecule has 3 aromatic heterocycles. The van der Waals surface area contributed by atoms with Crippen molar-refractivity contribution in [2.45, 2.75) is 280 Å². The molecule has 0 saturated heterocycles. The SMILES string of the molecule is CCCCCCOc1c(Cl)c(Oc2ccc(S(=O)(=O)O)cc2)c(OCCCCCC)c2c1-c1nc-2nc2[n-]c(nc3nc(nc4[n-]c(n1)c1c(OCCCCCC)c(Oc5ccc(S(=O)(=O)O)cc5)c(Cl)c(OCCCCCC)c41)-c1c(OCCCCCC)c(Oc4ccc(S(=O)(=O)O)cc4)c(Cl)c(OCCCCCC)c1-3)c1c(OCCCCCC)c(Oc3ccc(S(=O)(=O)O)cc3)c(Cl)c(OCCCCCC)c21.[Zn+2]. The Morgan fingerprint density at radius 3 is 0.607 bits per heavy atom. The van der Waals surface area contributed by atoms with Crippen LogP contribution < -0.4 is 66.8 Å². The van der Waals surface area contributed by atoms with Crippen molar-refractivity contribution in [3.63, 3.8) is 0 Å². The third-order valence-corrected chi connectivity index (χ3v) is 28.9. The number of fused-ring (bicyclic) bond motifs is 20. The Hall–Kier alpha value is -9.86. The Morgan fingerprint density at radius 2 is 0.400 bits per heavy atom. The topological polar surface area (TPSA) is 434 Å². The van der Waals surface area contributed by atoms with E-state index in [-0.39, 0.29) is 274 Å². The van der Waals surface area contributed by atoms with Gasteiger partial charge in [-0.3, -0.25) is 18.2 Å². The average Bonchev–Trinajstić information content (AvgIpc) is 1.56. The van der Waals surface area contributed by atoms with E-state index in [0.717, 1.165) is 151 Å². The van der Waals surface area contributed by atoms with Crippen LogP contribution in [0.5, 0.6) is 92.0 Å². The molecule has 8 bridgehead atoms. The van der Waals surface area contributed by atoms with Crippen LogP contribution in [0.1, 0.15) is 261 Å². The Balaban J connectivity index is 0.0000187. The van der Waals surface area contributed by atoms with E-state index in [1.165, 1.54) is 48.5 Å². The molecule has 8 aromatic carbocycles. The number of benzene rings is 8. The molecule has 0 atom stereocenters. The minimum Gasteiger partial charge on any atom is -0.491 e. The van der Waals surface area contributed by atoms with Crippen LogP contribution in [-0.4, -0.2) is 135 Å². The van der Waals surface area contributed by atoms with Gasteiger partial charge >= 0.3 is 19.5 Å². The maximum atomic E-state index is 12.8. The first kappa shape index (κ1) is 114. The van der Waals surface area contributed by atoms with E-state index in [4.69, 9.17) is 143 Å². The van der Waals surface area contributed by atoms with E-state index in [1.54, 1.807) is 0 Å². The minimum atomic E-state index is -4.75. The molecule has 5 heterocycles. The van der Waals surface area contributed by atoms with Gasteiger partial charge in [0.25, 0.3) is 40.5 Å². The first-order chi connectivity index (χ1) is 69.4. The normalized spacial score (nSPS) is 12.0. The van der Waals surface area contributed by atoms with Gasteiger partial charge in [-0.2, -0.15) is 33.7 Å². The van der Waals surface area contributed by atoms with Gasteiger partial charge in [-0.1, -0.05) is 256 Å². The summed E-state index contributed by atoms with van der Waals surface area (Å²) in [6.45, 7) is 16.6. The molecule has 778 valence electrons. The first-order valence-electron chi connectivity index (χ1n) is 49.7. The molecule has 32 nitrogen and oxygen atoms in total. The maximum absolute atomic E-state index is 12.8. The summed E-state index contributed by atoms with van der Waals surface area (Å²) in [4.78, 5) is 43.2. The number of unbranched alkanes of at least 4 members (excludes halogenated alkanes) is 24. The van der Waals surface area contributed by atoms with E-state index in [2.05, 4.69) is 55.4 Å². The van der Waals surface area contributed by atoms with Gasteiger partial charge in [0.1, 0.15) is 43.1 Å². The molecule has 41 heteroatoms. The third kappa shape index (κ3) is 28.6. The molecule has 4 N–H and O–H groups in total. The molecule has 0 spiro atoms. The zero-order valence-electron chi connectivity index (χ0n) is 82.9. The van der Waals surface area contributed by atoms with Crippen molar-refractivity contribution < 1.29 is 128 Å². The van der Waals surface area contributed by atoms with Crippen molar-refractivity contribution in [1.82, 2.24) is 39.9 Å². The molecule has 13 rings (SSSR count). The molecule has 2 aliphatic heterocycles. The third-order valence-electron chi connectivity index (χ3n) is 24.0. The van der Waals surface area contributed by atoms with E-state index in [1.807, 2.05) is 0 Å². The molecule has 145 heavy (non-hydrogen) atoms. The fourth-order valence-corrected chi connectivity index (χ4v) is 19.5. The van der Waals surface area contributed by atoms with Crippen LogP contribution in [0.3, 0.4) is 0 Å². The first-order valence-corrected chi connectivity index (χ1v) is 57.0. The number of halogens is 4. The van der Waals surface area contributed by atoms with Crippen LogP contribution >= 0.6 is 46.4 Å². The van der Waals surface area contributed by atoms with Crippen LogP contribution in [0.2, 0.25) is 20.1 Å². The summed E-state index contributed by atoms with van der Waals surface area (Å²) in [6, 6.07) is 19.8. The average molecular weight is 2210 g/mol. The molecule has 2 aliphatic rings.